The molecule has 2 heterocycles. The highest BCUT2D eigenvalue weighted by Crippen LogP contribution is 2.15. The number of carbonyl (C=O) groups is 1. The molecule has 1 aliphatic rings. The number of hydrogen-bond donors (Lipinski definition) is 3. The van der Waals surface area contributed by atoms with Crippen molar-refractivity contribution >= 4 is 11.6 Å². The first-order valence-electron chi connectivity index (χ1n) is 6.90. The summed E-state index contributed by atoms with van der Waals surface area (Å²) in [5, 5.41) is 6.17. The molecule has 5 nitrogen and oxygen atoms in total. The predicted octanol–water partition coefficient (Wildman–Crippen LogP) is 1.63. The number of aromatic nitrogens is 2. The summed E-state index contributed by atoms with van der Waals surface area (Å²) in [5.41, 5.74) is 4.15. The number of fused-ring (bicyclic) bond motifs is 1. The lowest BCUT2D eigenvalue weighted by molar-refractivity contribution is -0.118. The summed E-state index contributed by atoms with van der Waals surface area (Å²) in [7, 11) is 0. The topological polar surface area (TPSA) is 69.8 Å². The van der Waals surface area contributed by atoms with Crippen molar-refractivity contribution in [3.8, 4) is 0 Å². The normalized spacial score (nSPS) is 17.6. The molecule has 1 aromatic carbocycles. The van der Waals surface area contributed by atoms with Crippen LogP contribution in [-0.2, 0) is 24.2 Å². The third-order valence-corrected chi connectivity index (χ3v) is 3.68. The SMILES string of the molecule is CCc1ccc(NC(=O)C2Cc3nc[nH]c3CN2)cc1. The van der Waals surface area contributed by atoms with Crippen LogP contribution < -0.4 is 10.6 Å². The minimum atomic E-state index is -0.225. The van der Waals surface area contributed by atoms with E-state index < -0.39 is 0 Å². The zero-order valence-corrected chi connectivity index (χ0v) is 11.4. The fourth-order valence-corrected chi connectivity index (χ4v) is 2.41. The maximum absolute atomic E-state index is 12.2. The molecule has 1 atom stereocenters. The number of amides is 1. The number of aromatic amines is 1. The van der Waals surface area contributed by atoms with Crippen molar-refractivity contribution in [2.75, 3.05) is 5.32 Å². The number of hydrogen-bond acceptors (Lipinski definition) is 3. The van der Waals surface area contributed by atoms with Crippen LogP contribution in [0.1, 0.15) is 23.9 Å². The molecule has 5 heteroatoms. The molecular weight excluding hydrogens is 252 g/mol. The lowest BCUT2D eigenvalue weighted by Gasteiger charge is -2.22. The summed E-state index contributed by atoms with van der Waals surface area (Å²) in [4.78, 5) is 19.6. The van der Waals surface area contributed by atoms with E-state index in [1.54, 1.807) is 6.33 Å². The van der Waals surface area contributed by atoms with Gasteiger partial charge in [0, 0.05) is 18.7 Å². The lowest BCUT2D eigenvalue weighted by atomic mass is 10.0. The van der Waals surface area contributed by atoms with Gasteiger partial charge < -0.3 is 10.3 Å². The van der Waals surface area contributed by atoms with Crippen LogP contribution in [0.25, 0.3) is 0 Å². The summed E-state index contributed by atoms with van der Waals surface area (Å²) in [6.45, 7) is 2.77. The van der Waals surface area contributed by atoms with E-state index in [4.69, 9.17) is 0 Å². The molecular formula is C15H18N4O. The fourth-order valence-electron chi connectivity index (χ4n) is 2.41. The molecule has 3 rings (SSSR count). The fraction of sp³-hybridized carbons (Fsp3) is 0.333. The molecule has 2 aromatic rings. The molecule has 0 fully saturated rings. The number of benzene rings is 1. The van der Waals surface area contributed by atoms with E-state index in [1.165, 1.54) is 5.56 Å². The second kappa shape index (κ2) is 5.46. The first-order chi connectivity index (χ1) is 9.76. The highest BCUT2D eigenvalue weighted by Gasteiger charge is 2.25. The largest absolute Gasteiger partial charge is 0.347 e. The molecule has 3 N–H and O–H groups in total. The highest BCUT2D eigenvalue weighted by molar-refractivity contribution is 5.95. The van der Waals surface area contributed by atoms with Crippen molar-refractivity contribution in [2.45, 2.75) is 32.4 Å². The number of rotatable bonds is 3. The van der Waals surface area contributed by atoms with Crippen molar-refractivity contribution in [1.29, 1.82) is 0 Å². The number of H-pyrrole nitrogens is 1. The number of nitrogens with one attached hydrogen (secondary N) is 3. The van der Waals surface area contributed by atoms with E-state index in [1.807, 2.05) is 24.3 Å². The summed E-state index contributed by atoms with van der Waals surface area (Å²) in [5.74, 6) is -0.0112. The second-order valence-corrected chi connectivity index (χ2v) is 5.01. The van der Waals surface area contributed by atoms with E-state index in [9.17, 15) is 4.79 Å². The van der Waals surface area contributed by atoms with E-state index in [-0.39, 0.29) is 11.9 Å². The summed E-state index contributed by atoms with van der Waals surface area (Å²) >= 11 is 0. The van der Waals surface area contributed by atoms with Gasteiger partial charge in [-0.2, -0.15) is 0 Å². The van der Waals surface area contributed by atoms with Crippen LogP contribution in [0.2, 0.25) is 0 Å². The minimum Gasteiger partial charge on any atom is -0.347 e. The van der Waals surface area contributed by atoms with Crippen molar-refractivity contribution in [2.24, 2.45) is 0 Å². The van der Waals surface area contributed by atoms with Gasteiger partial charge in [-0.15, -0.1) is 0 Å². The molecule has 1 aromatic heterocycles. The Labute approximate surface area is 117 Å². The van der Waals surface area contributed by atoms with Crippen molar-refractivity contribution in [1.82, 2.24) is 15.3 Å². The van der Waals surface area contributed by atoms with Crippen LogP contribution in [0.3, 0.4) is 0 Å². The Kier molecular flexibility index (Phi) is 3.52. The van der Waals surface area contributed by atoms with Gasteiger partial charge in [-0.25, -0.2) is 4.98 Å². The average molecular weight is 270 g/mol. The Morgan fingerprint density at radius 1 is 1.40 bits per heavy atom. The van der Waals surface area contributed by atoms with Crippen molar-refractivity contribution in [3.05, 3.63) is 47.5 Å². The van der Waals surface area contributed by atoms with Crippen molar-refractivity contribution < 1.29 is 4.79 Å². The first-order valence-corrected chi connectivity index (χ1v) is 6.90. The van der Waals surface area contributed by atoms with Crippen LogP contribution in [0.5, 0.6) is 0 Å². The second-order valence-electron chi connectivity index (χ2n) is 5.01. The van der Waals surface area contributed by atoms with E-state index >= 15 is 0 Å². The van der Waals surface area contributed by atoms with Gasteiger partial charge in [0.05, 0.1) is 23.8 Å². The van der Waals surface area contributed by atoms with Gasteiger partial charge in [0.25, 0.3) is 0 Å². The Morgan fingerprint density at radius 3 is 2.95 bits per heavy atom. The van der Waals surface area contributed by atoms with Crippen LogP contribution in [0.15, 0.2) is 30.6 Å². The molecule has 1 aliphatic heterocycles. The predicted molar refractivity (Wildman–Crippen MR) is 77.4 cm³/mol. The molecule has 0 spiro atoms. The third kappa shape index (κ3) is 2.58. The maximum atomic E-state index is 12.2. The maximum Gasteiger partial charge on any atom is 0.241 e. The van der Waals surface area contributed by atoms with Gasteiger partial charge in [-0.05, 0) is 24.1 Å². The van der Waals surface area contributed by atoms with Gasteiger partial charge in [-0.1, -0.05) is 19.1 Å². The number of anilines is 1. The van der Waals surface area contributed by atoms with Crippen LogP contribution >= 0.6 is 0 Å². The number of nitrogens with zero attached hydrogens (tertiary/aromatic N) is 1. The van der Waals surface area contributed by atoms with Gasteiger partial charge in [-0.3, -0.25) is 10.1 Å². The number of aryl methyl sites for hydroxylation is 1. The number of imidazole rings is 1. The standard InChI is InChI=1S/C15H18N4O/c1-2-10-3-5-11(6-4-10)19-15(20)13-7-12-14(8-16-13)18-9-17-12/h3-6,9,13,16H,2,7-8H2,1H3,(H,17,18)(H,19,20). The van der Waals surface area contributed by atoms with E-state index in [2.05, 4.69) is 27.5 Å². The zero-order chi connectivity index (χ0) is 13.9. The Balaban J connectivity index is 1.65. The molecule has 20 heavy (non-hydrogen) atoms. The summed E-state index contributed by atoms with van der Waals surface area (Å²) < 4.78 is 0. The monoisotopic (exact) mass is 270 g/mol. The van der Waals surface area contributed by atoms with Crippen LogP contribution in [0, 0.1) is 0 Å². The number of carbonyl (C=O) groups excluding carboxylic acids is 1. The molecule has 0 bridgehead atoms. The minimum absolute atomic E-state index is 0.0112. The third-order valence-electron chi connectivity index (χ3n) is 3.68. The Hall–Kier alpha value is -2.14. The Bertz CT molecular complexity index is 603. The zero-order valence-electron chi connectivity index (χ0n) is 11.4. The summed E-state index contributed by atoms with van der Waals surface area (Å²) in [6, 6.07) is 7.74. The van der Waals surface area contributed by atoms with Crippen molar-refractivity contribution in [3.63, 3.8) is 0 Å². The van der Waals surface area contributed by atoms with Crippen LogP contribution in [-0.4, -0.2) is 21.9 Å². The van der Waals surface area contributed by atoms with Gasteiger partial charge >= 0.3 is 0 Å². The Morgan fingerprint density at radius 2 is 2.20 bits per heavy atom. The smallest absolute Gasteiger partial charge is 0.241 e. The first kappa shape index (κ1) is 12.9. The molecule has 104 valence electrons. The van der Waals surface area contributed by atoms with E-state index in [0.29, 0.717) is 13.0 Å². The average Bonchev–Trinajstić information content (AvgIpc) is 2.95. The lowest BCUT2D eigenvalue weighted by Crippen LogP contribution is -2.44. The highest BCUT2D eigenvalue weighted by atomic mass is 16.2. The molecule has 1 unspecified atom stereocenters. The van der Waals surface area contributed by atoms with Crippen LogP contribution in [0.4, 0.5) is 5.69 Å². The quantitative estimate of drug-likeness (QED) is 0.794. The molecule has 0 radical (unpaired) electrons. The van der Waals surface area contributed by atoms with Gasteiger partial charge in [0.1, 0.15) is 0 Å². The van der Waals surface area contributed by atoms with Gasteiger partial charge in [0.2, 0.25) is 5.91 Å². The van der Waals surface area contributed by atoms with E-state index in [0.717, 1.165) is 23.5 Å². The molecule has 0 saturated carbocycles. The van der Waals surface area contributed by atoms with Gasteiger partial charge in [0.15, 0.2) is 0 Å². The molecule has 1 amide bonds. The molecule has 0 saturated heterocycles. The molecule has 0 aliphatic carbocycles. The summed E-state index contributed by atoms with van der Waals surface area (Å²) in [6.07, 6.45) is 3.30.